The third kappa shape index (κ3) is 3.38. The van der Waals surface area contributed by atoms with Crippen LogP contribution in [0.5, 0.6) is 0 Å². The zero-order chi connectivity index (χ0) is 16.1. The zero-order valence-corrected chi connectivity index (χ0v) is 13.8. The predicted octanol–water partition coefficient (Wildman–Crippen LogP) is 3.18. The Labute approximate surface area is 133 Å². The molecule has 1 unspecified atom stereocenters. The third-order valence-electron chi connectivity index (χ3n) is 4.29. The Kier molecular flexibility index (Phi) is 5.72. The standard InChI is InChI=1S/C18H26N2O2/c1-4-11-19(12-5-2)14(3)10-13-20-17(21)15-8-6-7-9-16(15)18(20)22/h6-9,14H,4-5,10-13H2,1-3H3. The van der Waals surface area contributed by atoms with E-state index in [4.69, 9.17) is 0 Å². The Balaban J connectivity index is 1.98. The van der Waals surface area contributed by atoms with Gasteiger partial charge in [0.1, 0.15) is 0 Å². The van der Waals surface area contributed by atoms with Crippen LogP contribution in [0.15, 0.2) is 24.3 Å². The van der Waals surface area contributed by atoms with Gasteiger partial charge in [0.05, 0.1) is 11.1 Å². The zero-order valence-electron chi connectivity index (χ0n) is 13.8. The molecule has 1 heterocycles. The highest BCUT2D eigenvalue weighted by atomic mass is 16.2. The van der Waals surface area contributed by atoms with Crippen LogP contribution < -0.4 is 0 Å². The fraction of sp³-hybridized carbons (Fsp3) is 0.556. The van der Waals surface area contributed by atoms with Gasteiger partial charge in [-0.05, 0) is 51.4 Å². The van der Waals surface area contributed by atoms with Gasteiger partial charge in [-0.25, -0.2) is 0 Å². The van der Waals surface area contributed by atoms with E-state index in [1.165, 1.54) is 4.90 Å². The normalized spacial score (nSPS) is 15.5. The van der Waals surface area contributed by atoms with Gasteiger partial charge in [-0.1, -0.05) is 26.0 Å². The van der Waals surface area contributed by atoms with Crippen molar-refractivity contribution >= 4 is 11.8 Å². The predicted molar refractivity (Wildman–Crippen MR) is 88.0 cm³/mol. The Hall–Kier alpha value is -1.68. The van der Waals surface area contributed by atoms with Gasteiger partial charge < -0.3 is 4.90 Å². The van der Waals surface area contributed by atoms with Crippen molar-refractivity contribution in [1.29, 1.82) is 0 Å². The van der Waals surface area contributed by atoms with E-state index in [0.717, 1.165) is 32.4 Å². The van der Waals surface area contributed by atoms with Crippen LogP contribution >= 0.6 is 0 Å². The van der Waals surface area contributed by atoms with E-state index in [9.17, 15) is 9.59 Å². The fourth-order valence-electron chi connectivity index (χ4n) is 3.07. The van der Waals surface area contributed by atoms with Gasteiger partial charge in [0, 0.05) is 12.6 Å². The molecule has 1 aromatic rings. The van der Waals surface area contributed by atoms with E-state index in [-0.39, 0.29) is 11.8 Å². The minimum absolute atomic E-state index is 0.148. The van der Waals surface area contributed by atoms with Gasteiger partial charge in [-0.2, -0.15) is 0 Å². The molecule has 0 bridgehead atoms. The van der Waals surface area contributed by atoms with Crippen molar-refractivity contribution in [2.24, 2.45) is 0 Å². The van der Waals surface area contributed by atoms with E-state index in [0.29, 0.717) is 23.7 Å². The van der Waals surface area contributed by atoms with Crippen molar-refractivity contribution in [1.82, 2.24) is 9.80 Å². The van der Waals surface area contributed by atoms with Gasteiger partial charge >= 0.3 is 0 Å². The highest BCUT2D eigenvalue weighted by molar-refractivity contribution is 6.21. The van der Waals surface area contributed by atoms with Crippen LogP contribution in [0.2, 0.25) is 0 Å². The molecule has 1 atom stereocenters. The monoisotopic (exact) mass is 302 g/mol. The minimum Gasteiger partial charge on any atom is -0.301 e. The van der Waals surface area contributed by atoms with E-state index in [1.807, 2.05) is 0 Å². The summed E-state index contributed by atoms with van der Waals surface area (Å²) in [6.07, 6.45) is 3.07. The summed E-state index contributed by atoms with van der Waals surface area (Å²) in [4.78, 5) is 28.5. The Bertz CT molecular complexity index is 501. The van der Waals surface area contributed by atoms with Crippen LogP contribution in [-0.2, 0) is 0 Å². The summed E-state index contributed by atoms with van der Waals surface area (Å²) in [7, 11) is 0. The molecule has 1 aliphatic rings. The lowest BCUT2D eigenvalue weighted by Gasteiger charge is -2.29. The van der Waals surface area contributed by atoms with Crippen LogP contribution in [0.25, 0.3) is 0 Å². The molecule has 0 saturated carbocycles. The summed E-state index contributed by atoms with van der Waals surface area (Å²) in [5.74, 6) is -0.296. The summed E-state index contributed by atoms with van der Waals surface area (Å²) in [6.45, 7) is 9.17. The molecule has 0 aromatic heterocycles. The lowest BCUT2D eigenvalue weighted by molar-refractivity contribution is 0.0636. The van der Waals surface area contributed by atoms with Gasteiger partial charge in [0.25, 0.3) is 11.8 Å². The van der Waals surface area contributed by atoms with Gasteiger partial charge in [0.2, 0.25) is 0 Å². The third-order valence-corrected chi connectivity index (χ3v) is 4.29. The summed E-state index contributed by atoms with van der Waals surface area (Å²) < 4.78 is 0. The first-order chi connectivity index (χ1) is 10.6. The first-order valence-corrected chi connectivity index (χ1v) is 8.29. The quantitative estimate of drug-likeness (QED) is 0.693. The molecule has 0 fully saturated rings. The van der Waals surface area contributed by atoms with E-state index < -0.39 is 0 Å². The molecule has 0 spiro atoms. The SMILES string of the molecule is CCCN(CCC)C(C)CCN1C(=O)c2ccccc2C1=O. The van der Waals surface area contributed by atoms with Crippen molar-refractivity contribution in [3.05, 3.63) is 35.4 Å². The molecular weight excluding hydrogens is 276 g/mol. The van der Waals surface area contributed by atoms with Gasteiger partial charge in [-0.15, -0.1) is 0 Å². The van der Waals surface area contributed by atoms with E-state index >= 15 is 0 Å². The summed E-state index contributed by atoms with van der Waals surface area (Å²) in [5.41, 5.74) is 1.08. The minimum atomic E-state index is -0.148. The number of carbonyl (C=O) groups excluding carboxylic acids is 2. The summed E-state index contributed by atoms with van der Waals surface area (Å²) >= 11 is 0. The molecule has 1 aromatic carbocycles. The average Bonchev–Trinajstić information content (AvgIpc) is 2.77. The number of amides is 2. The molecule has 4 nitrogen and oxygen atoms in total. The maximum atomic E-state index is 12.3. The molecule has 0 radical (unpaired) electrons. The number of hydrogen-bond acceptors (Lipinski definition) is 3. The number of carbonyl (C=O) groups is 2. The molecule has 0 aliphatic carbocycles. The number of fused-ring (bicyclic) bond motifs is 1. The number of rotatable bonds is 8. The van der Waals surface area contributed by atoms with Crippen molar-refractivity contribution in [3.8, 4) is 0 Å². The highest BCUT2D eigenvalue weighted by Crippen LogP contribution is 2.23. The van der Waals surface area contributed by atoms with Crippen molar-refractivity contribution in [3.63, 3.8) is 0 Å². The topological polar surface area (TPSA) is 40.6 Å². The maximum Gasteiger partial charge on any atom is 0.261 e. The second kappa shape index (κ2) is 7.54. The van der Waals surface area contributed by atoms with Crippen LogP contribution in [0.4, 0.5) is 0 Å². The number of nitrogens with zero attached hydrogens (tertiary/aromatic N) is 2. The van der Waals surface area contributed by atoms with E-state index in [2.05, 4.69) is 25.7 Å². The smallest absolute Gasteiger partial charge is 0.261 e. The van der Waals surface area contributed by atoms with Crippen LogP contribution in [-0.4, -0.2) is 47.3 Å². The molecule has 2 amide bonds. The molecule has 1 aliphatic heterocycles. The fourth-order valence-corrected chi connectivity index (χ4v) is 3.07. The molecule has 0 saturated heterocycles. The molecule has 4 heteroatoms. The first kappa shape index (κ1) is 16.7. The van der Waals surface area contributed by atoms with Gasteiger partial charge in [0.15, 0.2) is 0 Å². The Morgan fingerprint density at radius 2 is 1.50 bits per heavy atom. The lowest BCUT2D eigenvalue weighted by atomic mass is 10.1. The molecular formula is C18H26N2O2. The van der Waals surface area contributed by atoms with Gasteiger partial charge in [-0.3, -0.25) is 14.5 Å². The maximum absolute atomic E-state index is 12.3. The number of imide groups is 1. The van der Waals surface area contributed by atoms with Crippen molar-refractivity contribution in [2.75, 3.05) is 19.6 Å². The lowest BCUT2D eigenvalue weighted by Crippen LogP contribution is -2.39. The second-order valence-corrected chi connectivity index (χ2v) is 5.98. The largest absolute Gasteiger partial charge is 0.301 e. The highest BCUT2D eigenvalue weighted by Gasteiger charge is 2.34. The molecule has 22 heavy (non-hydrogen) atoms. The molecule has 120 valence electrons. The summed E-state index contributed by atoms with van der Waals surface area (Å²) in [5, 5.41) is 0. The van der Waals surface area contributed by atoms with E-state index in [1.54, 1.807) is 24.3 Å². The molecule has 2 rings (SSSR count). The van der Waals surface area contributed by atoms with Crippen molar-refractivity contribution in [2.45, 2.75) is 46.1 Å². The van der Waals surface area contributed by atoms with Crippen molar-refractivity contribution < 1.29 is 9.59 Å². The van der Waals surface area contributed by atoms with Crippen LogP contribution in [0.1, 0.15) is 60.7 Å². The number of hydrogen-bond donors (Lipinski definition) is 0. The average molecular weight is 302 g/mol. The summed E-state index contributed by atoms with van der Waals surface area (Å²) in [6, 6.07) is 7.46. The number of benzene rings is 1. The second-order valence-electron chi connectivity index (χ2n) is 5.98. The Morgan fingerprint density at radius 1 is 1.00 bits per heavy atom. The van der Waals surface area contributed by atoms with Crippen LogP contribution in [0.3, 0.4) is 0 Å². The first-order valence-electron chi connectivity index (χ1n) is 8.29. The van der Waals surface area contributed by atoms with Crippen LogP contribution in [0, 0.1) is 0 Å². The Morgan fingerprint density at radius 3 is 1.95 bits per heavy atom. The molecule has 0 N–H and O–H groups in total.